The first-order valence-electron chi connectivity index (χ1n) is 15.3. The lowest BCUT2D eigenvalue weighted by molar-refractivity contribution is -0.130. The normalized spacial score (nSPS) is 14.9. The van der Waals surface area contributed by atoms with E-state index < -0.39 is 40.0 Å². The lowest BCUT2D eigenvalue weighted by Gasteiger charge is -2.22. The molecule has 0 radical (unpaired) electrons. The molecule has 0 saturated heterocycles. The largest absolute Gasteiger partial charge is 0.387 e. The number of hydrogen-bond donors (Lipinski definition) is 4. The van der Waals surface area contributed by atoms with E-state index in [1.165, 1.54) is 51.0 Å². The average molecular weight is 572 g/mol. The van der Waals surface area contributed by atoms with Crippen LogP contribution in [0.1, 0.15) is 129 Å². The van der Waals surface area contributed by atoms with Crippen molar-refractivity contribution in [3.8, 4) is 0 Å². The number of amides is 1. The molecule has 4 N–H and O–H groups in total. The molecule has 0 spiro atoms. The highest BCUT2D eigenvalue weighted by Crippen LogP contribution is 2.12. The highest BCUT2D eigenvalue weighted by molar-refractivity contribution is 7.85. The molecule has 0 aromatic carbocycles. The summed E-state index contributed by atoms with van der Waals surface area (Å²) in [5.41, 5.74) is 0. The minimum Gasteiger partial charge on any atom is -0.387 e. The molecule has 0 aromatic heterocycles. The van der Waals surface area contributed by atoms with Crippen LogP contribution in [0.5, 0.6) is 0 Å². The van der Waals surface area contributed by atoms with Gasteiger partial charge >= 0.3 is 0 Å². The van der Waals surface area contributed by atoms with Crippen LogP contribution in [0.3, 0.4) is 0 Å². The van der Waals surface area contributed by atoms with Gasteiger partial charge in [-0.15, -0.1) is 0 Å². The van der Waals surface area contributed by atoms with Gasteiger partial charge in [-0.1, -0.05) is 115 Å². The van der Waals surface area contributed by atoms with Crippen LogP contribution in [0, 0.1) is 0 Å². The summed E-state index contributed by atoms with van der Waals surface area (Å²) in [5, 5.41) is 23.0. The summed E-state index contributed by atoms with van der Waals surface area (Å²) < 4.78 is 32.1. The van der Waals surface area contributed by atoms with Crippen LogP contribution in [-0.4, -0.2) is 53.1 Å². The summed E-state index contributed by atoms with van der Waals surface area (Å²) in [5.74, 6) is -1.57. The van der Waals surface area contributed by atoms with Crippen LogP contribution in [0.25, 0.3) is 0 Å². The Morgan fingerprint density at radius 3 is 1.77 bits per heavy atom. The van der Waals surface area contributed by atoms with E-state index in [2.05, 4.69) is 43.5 Å². The van der Waals surface area contributed by atoms with E-state index in [1.54, 1.807) is 6.08 Å². The van der Waals surface area contributed by atoms with Crippen molar-refractivity contribution in [2.24, 2.45) is 0 Å². The number of hydrogen-bond acceptors (Lipinski definition) is 5. The SMILES string of the molecule is CCCC/C=C/CC/C=C/C(O)C(CS(=O)(=O)O)NC(=O)C(O)CCCCCCCC/C=C\CCCCCC. The molecule has 7 nitrogen and oxygen atoms in total. The van der Waals surface area contributed by atoms with Crippen LogP contribution in [-0.2, 0) is 14.9 Å². The monoisotopic (exact) mass is 571 g/mol. The lowest BCUT2D eigenvalue weighted by atomic mass is 10.0. The fourth-order valence-electron chi connectivity index (χ4n) is 4.21. The van der Waals surface area contributed by atoms with Gasteiger partial charge in [0.2, 0.25) is 5.91 Å². The number of unbranched alkanes of at least 4 members (excludes halogenated alkanes) is 13. The summed E-state index contributed by atoms with van der Waals surface area (Å²) in [4.78, 5) is 12.4. The van der Waals surface area contributed by atoms with Crippen molar-refractivity contribution in [2.75, 3.05) is 5.75 Å². The Kier molecular flexibility index (Phi) is 24.5. The Morgan fingerprint density at radius 2 is 1.18 bits per heavy atom. The number of aliphatic hydroxyl groups excluding tert-OH is 2. The summed E-state index contributed by atoms with van der Waals surface area (Å²) in [6.45, 7) is 4.36. The Morgan fingerprint density at radius 1 is 0.692 bits per heavy atom. The average Bonchev–Trinajstić information content (AvgIpc) is 2.88. The van der Waals surface area contributed by atoms with Gasteiger partial charge in [0.15, 0.2) is 0 Å². The minimum atomic E-state index is -4.44. The van der Waals surface area contributed by atoms with E-state index in [9.17, 15) is 28.0 Å². The van der Waals surface area contributed by atoms with Crippen LogP contribution >= 0.6 is 0 Å². The molecule has 0 fully saturated rings. The Labute approximate surface area is 239 Å². The second-order valence-electron chi connectivity index (χ2n) is 10.5. The molecule has 8 heteroatoms. The molecule has 39 heavy (non-hydrogen) atoms. The van der Waals surface area contributed by atoms with Crippen LogP contribution < -0.4 is 5.32 Å². The fourth-order valence-corrected chi connectivity index (χ4v) is 4.95. The number of rotatable bonds is 26. The molecule has 0 bridgehead atoms. The number of nitrogens with one attached hydrogen (secondary N) is 1. The zero-order valence-corrected chi connectivity index (χ0v) is 25.4. The standard InChI is InChI=1S/C31H57NO6S/c1-3-5-7-9-11-13-14-15-16-17-18-20-22-24-26-30(34)31(35)32-28(27-39(36,37)38)29(33)25-23-21-19-12-10-8-6-4-2/h10,12-14,23,25,28-30,33-34H,3-9,11,15-22,24,26-27H2,1-2H3,(H,32,35)(H,36,37,38)/b12-10+,14-13-,25-23+. The first-order chi connectivity index (χ1) is 18.7. The zero-order valence-electron chi connectivity index (χ0n) is 24.6. The van der Waals surface area contributed by atoms with Crippen molar-refractivity contribution in [1.29, 1.82) is 0 Å². The Bertz CT molecular complexity index is 778. The second-order valence-corrected chi connectivity index (χ2v) is 12.0. The van der Waals surface area contributed by atoms with Crippen LogP contribution in [0.4, 0.5) is 0 Å². The predicted molar refractivity (Wildman–Crippen MR) is 162 cm³/mol. The van der Waals surface area contributed by atoms with E-state index in [4.69, 9.17) is 0 Å². The van der Waals surface area contributed by atoms with Gasteiger partial charge in [-0.25, -0.2) is 0 Å². The van der Waals surface area contributed by atoms with Gasteiger partial charge in [0.25, 0.3) is 10.1 Å². The van der Waals surface area contributed by atoms with E-state index in [-0.39, 0.29) is 6.42 Å². The van der Waals surface area contributed by atoms with Crippen molar-refractivity contribution >= 4 is 16.0 Å². The van der Waals surface area contributed by atoms with Crippen molar-refractivity contribution in [3.63, 3.8) is 0 Å². The molecule has 0 heterocycles. The van der Waals surface area contributed by atoms with Gasteiger partial charge < -0.3 is 15.5 Å². The van der Waals surface area contributed by atoms with Gasteiger partial charge in [0, 0.05) is 0 Å². The zero-order chi connectivity index (χ0) is 29.2. The van der Waals surface area contributed by atoms with Gasteiger partial charge in [0.05, 0.1) is 17.9 Å². The Hall–Kier alpha value is -1.48. The maximum absolute atomic E-state index is 12.4. The van der Waals surface area contributed by atoms with Gasteiger partial charge in [0.1, 0.15) is 6.10 Å². The number of aliphatic hydroxyl groups is 2. The smallest absolute Gasteiger partial charge is 0.267 e. The van der Waals surface area contributed by atoms with E-state index in [1.807, 2.05) is 0 Å². The Balaban J connectivity index is 4.23. The predicted octanol–water partition coefficient (Wildman–Crippen LogP) is 6.81. The summed E-state index contributed by atoms with van der Waals surface area (Å²) >= 11 is 0. The molecule has 0 aliphatic carbocycles. The lowest BCUT2D eigenvalue weighted by Crippen LogP contribution is -2.50. The third-order valence-corrected chi connectivity index (χ3v) is 7.43. The maximum Gasteiger partial charge on any atom is 0.267 e. The number of allylic oxidation sites excluding steroid dienone is 5. The first kappa shape index (κ1) is 37.5. The van der Waals surface area contributed by atoms with E-state index >= 15 is 0 Å². The van der Waals surface area contributed by atoms with Crippen molar-refractivity contribution in [3.05, 3.63) is 36.5 Å². The van der Waals surface area contributed by atoms with Crippen molar-refractivity contribution < 1.29 is 28.0 Å². The molecule has 0 aromatic rings. The summed E-state index contributed by atoms with van der Waals surface area (Å²) in [6.07, 6.45) is 27.9. The topological polar surface area (TPSA) is 124 Å². The van der Waals surface area contributed by atoms with E-state index in [0.29, 0.717) is 12.8 Å². The maximum atomic E-state index is 12.4. The molecule has 228 valence electrons. The molecular weight excluding hydrogens is 514 g/mol. The molecule has 0 aliphatic heterocycles. The van der Waals surface area contributed by atoms with E-state index in [0.717, 1.165) is 51.4 Å². The molecule has 3 unspecified atom stereocenters. The first-order valence-corrected chi connectivity index (χ1v) is 16.9. The van der Waals surface area contributed by atoms with Crippen molar-refractivity contribution in [1.82, 2.24) is 5.32 Å². The molecule has 0 saturated carbocycles. The second kappa shape index (κ2) is 25.5. The molecular formula is C31H57NO6S. The third kappa shape index (κ3) is 25.2. The molecule has 0 rings (SSSR count). The summed E-state index contributed by atoms with van der Waals surface area (Å²) in [7, 11) is -4.44. The molecule has 3 atom stereocenters. The van der Waals surface area contributed by atoms with Gasteiger partial charge in [-0.05, 0) is 51.4 Å². The van der Waals surface area contributed by atoms with Crippen molar-refractivity contribution in [2.45, 2.75) is 148 Å². The van der Waals surface area contributed by atoms with Crippen LogP contribution in [0.15, 0.2) is 36.5 Å². The van der Waals surface area contributed by atoms with Gasteiger partial charge in [-0.2, -0.15) is 8.42 Å². The van der Waals surface area contributed by atoms with Crippen LogP contribution in [0.2, 0.25) is 0 Å². The number of carbonyl (C=O) groups excluding carboxylic acids is 1. The van der Waals surface area contributed by atoms with Gasteiger partial charge in [-0.3, -0.25) is 9.35 Å². The quantitative estimate of drug-likeness (QED) is 0.0514. The summed E-state index contributed by atoms with van der Waals surface area (Å²) in [6, 6.07) is -1.25. The molecule has 1 amide bonds. The fraction of sp³-hybridized carbons (Fsp3) is 0.774. The third-order valence-electron chi connectivity index (χ3n) is 6.65. The number of carbonyl (C=O) groups is 1. The minimum absolute atomic E-state index is 0.265. The highest BCUT2D eigenvalue weighted by atomic mass is 32.2. The molecule has 0 aliphatic rings. The highest BCUT2D eigenvalue weighted by Gasteiger charge is 2.27.